The van der Waals surface area contributed by atoms with Gasteiger partial charge in [-0.15, -0.1) is 0 Å². The fourth-order valence-electron chi connectivity index (χ4n) is 1.32. The highest BCUT2D eigenvalue weighted by atomic mass is 16.1. The molecule has 0 aromatic carbocycles. The molecule has 0 atom stereocenters. The van der Waals surface area contributed by atoms with E-state index in [9.17, 15) is 4.79 Å². The van der Waals surface area contributed by atoms with Gasteiger partial charge >= 0.3 is 0 Å². The average Bonchev–Trinajstić information content (AvgIpc) is 2.80. The fourth-order valence-corrected chi connectivity index (χ4v) is 1.32. The minimum atomic E-state index is 0.644. The van der Waals surface area contributed by atoms with Gasteiger partial charge in [0, 0.05) is 6.04 Å². The van der Waals surface area contributed by atoms with Crippen LogP contribution in [0.25, 0.3) is 0 Å². The topological polar surface area (TPSA) is 20.3 Å². The van der Waals surface area contributed by atoms with Crippen molar-refractivity contribution >= 4 is 6.29 Å². The molecule has 0 N–H and O–H groups in total. The number of carbonyl (C=O) groups excluding carboxylic acids is 1. The summed E-state index contributed by atoms with van der Waals surface area (Å²) in [6.07, 6.45) is 6.08. The Morgan fingerprint density at radius 3 is 2.73 bits per heavy atom. The van der Waals surface area contributed by atoms with Crippen molar-refractivity contribution < 1.29 is 4.79 Å². The van der Waals surface area contributed by atoms with Crippen LogP contribution >= 0.6 is 0 Å². The van der Waals surface area contributed by atoms with E-state index in [-0.39, 0.29) is 0 Å². The highest BCUT2D eigenvalue weighted by Crippen LogP contribution is 2.26. The van der Waals surface area contributed by atoms with Crippen molar-refractivity contribution in [2.75, 3.05) is 13.1 Å². The van der Waals surface area contributed by atoms with Crippen LogP contribution in [-0.2, 0) is 4.79 Å². The van der Waals surface area contributed by atoms with Gasteiger partial charge in [0.25, 0.3) is 0 Å². The molecule has 0 spiro atoms. The van der Waals surface area contributed by atoms with Crippen LogP contribution in [0.2, 0.25) is 0 Å². The van der Waals surface area contributed by atoms with Crippen LogP contribution in [0.4, 0.5) is 0 Å². The van der Waals surface area contributed by atoms with Crippen molar-refractivity contribution in [1.82, 2.24) is 4.90 Å². The Labute approximate surface area is 68.6 Å². The second-order valence-corrected chi connectivity index (χ2v) is 3.25. The molecule has 1 fully saturated rings. The maximum absolute atomic E-state index is 10.3. The molecule has 64 valence electrons. The maximum Gasteiger partial charge on any atom is 0.133 e. The number of aldehydes is 1. The van der Waals surface area contributed by atoms with Gasteiger partial charge in [-0.2, -0.15) is 0 Å². The van der Waals surface area contributed by atoms with Crippen LogP contribution in [0.3, 0.4) is 0 Å². The van der Waals surface area contributed by atoms with Gasteiger partial charge in [-0.05, 0) is 25.8 Å². The molecule has 1 aliphatic carbocycles. The Bertz CT molecular complexity index is 121. The Hall–Kier alpha value is -0.370. The van der Waals surface area contributed by atoms with E-state index in [2.05, 4.69) is 11.8 Å². The number of hydrogen-bond donors (Lipinski definition) is 0. The smallest absolute Gasteiger partial charge is 0.133 e. The van der Waals surface area contributed by atoms with Gasteiger partial charge in [-0.25, -0.2) is 0 Å². The Morgan fingerprint density at radius 2 is 2.27 bits per heavy atom. The predicted octanol–water partition coefficient (Wildman–Crippen LogP) is 1.45. The van der Waals surface area contributed by atoms with E-state index in [4.69, 9.17) is 0 Å². The average molecular weight is 155 g/mol. The number of carbonyl (C=O) groups is 1. The standard InChI is InChI=1S/C9H17NO/c1-2-3-6-10(7-8-11)9-4-5-9/h8-9H,2-7H2,1H3. The van der Waals surface area contributed by atoms with E-state index < -0.39 is 0 Å². The lowest BCUT2D eigenvalue weighted by atomic mass is 10.3. The van der Waals surface area contributed by atoms with Gasteiger partial charge in [0.1, 0.15) is 6.29 Å². The van der Waals surface area contributed by atoms with E-state index >= 15 is 0 Å². The predicted molar refractivity (Wildman–Crippen MR) is 45.6 cm³/mol. The van der Waals surface area contributed by atoms with Crippen LogP contribution in [0.1, 0.15) is 32.6 Å². The first-order valence-corrected chi connectivity index (χ1v) is 4.56. The third-order valence-electron chi connectivity index (χ3n) is 2.17. The quantitative estimate of drug-likeness (QED) is 0.541. The molecule has 0 heterocycles. The molecule has 1 aliphatic rings. The maximum atomic E-state index is 10.3. The third-order valence-corrected chi connectivity index (χ3v) is 2.17. The number of hydrogen-bond acceptors (Lipinski definition) is 2. The van der Waals surface area contributed by atoms with E-state index in [1.807, 2.05) is 0 Å². The van der Waals surface area contributed by atoms with Crippen LogP contribution in [-0.4, -0.2) is 30.3 Å². The van der Waals surface area contributed by atoms with Crippen molar-refractivity contribution in [3.8, 4) is 0 Å². The minimum Gasteiger partial charge on any atom is -0.302 e. The van der Waals surface area contributed by atoms with Crippen LogP contribution in [0.15, 0.2) is 0 Å². The highest BCUT2D eigenvalue weighted by Gasteiger charge is 2.27. The van der Waals surface area contributed by atoms with Crippen molar-refractivity contribution in [2.24, 2.45) is 0 Å². The first-order chi connectivity index (χ1) is 5.38. The molecule has 0 saturated heterocycles. The molecule has 0 amide bonds. The van der Waals surface area contributed by atoms with Crippen molar-refractivity contribution in [3.05, 3.63) is 0 Å². The molecular formula is C9H17NO. The van der Waals surface area contributed by atoms with Gasteiger partial charge in [-0.3, -0.25) is 4.90 Å². The van der Waals surface area contributed by atoms with E-state index in [0.717, 1.165) is 18.9 Å². The summed E-state index contributed by atoms with van der Waals surface area (Å²) in [4.78, 5) is 12.6. The molecule has 0 aromatic rings. The third kappa shape index (κ3) is 3.02. The molecule has 2 heteroatoms. The zero-order valence-electron chi connectivity index (χ0n) is 7.25. The summed E-state index contributed by atoms with van der Waals surface area (Å²) >= 11 is 0. The molecule has 1 rings (SSSR count). The molecule has 0 bridgehead atoms. The van der Waals surface area contributed by atoms with Gasteiger partial charge in [0.05, 0.1) is 6.54 Å². The molecule has 0 aliphatic heterocycles. The number of rotatable bonds is 6. The molecule has 0 unspecified atom stereocenters. The van der Waals surface area contributed by atoms with E-state index in [1.165, 1.54) is 25.7 Å². The van der Waals surface area contributed by atoms with Gasteiger partial charge < -0.3 is 4.79 Å². The summed E-state index contributed by atoms with van der Waals surface area (Å²) in [7, 11) is 0. The molecule has 0 radical (unpaired) electrons. The summed E-state index contributed by atoms with van der Waals surface area (Å²) in [5.41, 5.74) is 0. The second kappa shape index (κ2) is 4.50. The fraction of sp³-hybridized carbons (Fsp3) is 0.889. The monoisotopic (exact) mass is 155 g/mol. The zero-order valence-corrected chi connectivity index (χ0v) is 7.25. The summed E-state index contributed by atoms with van der Waals surface area (Å²) in [5.74, 6) is 0. The zero-order chi connectivity index (χ0) is 8.10. The minimum absolute atomic E-state index is 0.644. The van der Waals surface area contributed by atoms with Crippen molar-refractivity contribution in [3.63, 3.8) is 0 Å². The van der Waals surface area contributed by atoms with Gasteiger partial charge in [-0.1, -0.05) is 13.3 Å². The summed E-state index contributed by atoms with van der Waals surface area (Å²) < 4.78 is 0. The molecule has 2 nitrogen and oxygen atoms in total. The first-order valence-electron chi connectivity index (χ1n) is 4.56. The lowest BCUT2D eigenvalue weighted by molar-refractivity contribution is -0.109. The largest absolute Gasteiger partial charge is 0.302 e. The van der Waals surface area contributed by atoms with E-state index in [1.54, 1.807) is 0 Å². The first kappa shape index (κ1) is 8.72. The molecular weight excluding hydrogens is 138 g/mol. The van der Waals surface area contributed by atoms with Crippen molar-refractivity contribution in [2.45, 2.75) is 38.6 Å². The summed E-state index contributed by atoms with van der Waals surface area (Å²) in [5, 5.41) is 0. The SMILES string of the molecule is CCCCN(CC=O)C1CC1. The van der Waals surface area contributed by atoms with Gasteiger partial charge in [0.2, 0.25) is 0 Å². The van der Waals surface area contributed by atoms with Crippen LogP contribution in [0.5, 0.6) is 0 Å². The van der Waals surface area contributed by atoms with Crippen LogP contribution < -0.4 is 0 Å². The lowest BCUT2D eigenvalue weighted by Crippen LogP contribution is -2.28. The Balaban J connectivity index is 2.15. The van der Waals surface area contributed by atoms with Crippen molar-refractivity contribution in [1.29, 1.82) is 0 Å². The lowest BCUT2D eigenvalue weighted by Gasteiger charge is -2.17. The Kier molecular flexibility index (Phi) is 3.57. The number of nitrogens with zero attached hydrogens (tertiary/aromatic N) is 1. The Morgan fingerprint density at radius 1 is 1.55 bits per heavy atom. The second-order valence-electron chi connectivity index (χ2n) is 3.25. The van der Waals surface area contributed by atoms with E-state index in [0.29, 0.717) is 6.54 Å². The summed E-state index contributed by atoms with van der Waals surface area (Å²) in [6, 6.07) is 0.742. The van der Waals surface area contributed by atoms with Crippen LogP contribution in [0, 0.1) is 0 Å². The molecule has 0 aromatic heterocycles. The number of unbranched alkanes of at least 4 members (excludes halogenated alkanes) is 1. The summed E-state index contributed by atoms with van der Waals surface area (Å²) in [6.45, 7) is 3.94. The molecule has 11 heavy (non-hydrogen) atoms. The van der Waals surface area contributed by atoms with Gasteiger partial charge in [0.15, 0.2) is 0 Å². The normalized spacial score (nSPS) is 17.3. The highest BCUT2D eigenvalue weighted by molar-refractivity contribution is 5.52. The molecule has 1 saturated carbocycles.